The fourth-order valence-corrected chi connectivity index (χ4v) is 2.07. The number of nitrogens with zero attached hydrogens (tertiary/aromatic N) is 1. The Morgan fingerprint density at radius 3 is 2.94 bits per heavy atom. The van der Waals surface area contributed by atoms with Crippen molar-refractivity contribution < 1.29 is 9.18 Å². The van der Waals surface area contributed by atoms with Crippen LogP contribution < -0.4 is 5.32 Å². The Balaban J connectivity index is 2.11. The molecule has 1 unspecified atom stereocenters. The molecule has 0 fully saturated rings. The molecule has 1 aliphatic heterocycles. The second kappa shape index (κ2) is 3.66. The first-order chi connectivity index (χ1) is 8.25. The zero-order chi connectivity index (χ0) is 11.8. The third-order valence-electron chi connectivity index (χ3n) is 2.86. The van der Waals surface area contributed by atoms with Crippen LogP contribution in [0.5, 0.6) is 0 Å². The topological polar surface area (TPSA) is 42.0 Å². The van der Waals surface area contributed by atoms with Gasteiger partial charge in [-0.15, -0.1) is 0 Å². The van der Waals surface area contributed by atoms with E-state index in [9.17, 15) is 9.18 Å². The largest absolute Gasteiger partial charge is 0.341 e. The van der Waals surface area contributed by atoms with Gasteiger partial charge in [-0.05, 0) is 29.3 Å². The fourth-order valence-electron chi connectivity index (χ4n) is 2.07. The third-order valence-corrected chi connectivity index (χ3v) is 2.86. The number of hydrogen-bond acceptors (Lipinski definition) is 2. The van der Waals surface area contributed by atoms with Crippen molar-refractivity contribution in [3.63, 3.8) is 0 Å². The van der Waals surface area contributed by atoms with Gasteiger partial charge in [0.05, 0.1) is 6.04 Å². The summed E-state index contributed by atoms with van der Waals surface area (Å²) in [5, 5.41) is 2.82. The first-order valence-electron chi connectivity index (χ1n) is 5.26. The lowest BCUT2D eigenvalue weighted by Crippen LogP contribution is -2.19. The van der Waals surface area contributed by atoms with Crippen molar-refractivity contribution in [2.75, 3.05) is 0 Å². The van der Waals surface area contributed by atoms with Crippen LogP contribution in [0.2, 0.25) is 0 Å². The number of benzene rings is 1. The molecule has 1 aliphatic rings. The highest BCUT2D eigenvalue weighted by Gasteiger charge is 2.29. The van der Waals surface area contributed by atoms with Crippen LogP contribution in [0.25, 0.3) is 0 Å². The maximum absolute atomic E-state index is 13.1. The highest BCUT2D eigenvalue weighted by Crippen LogP contribution is 2.30. The number of halogens is 1. The summed E-state index contributed by atoms with van der Waals surface area (Å²) in [6, 6.07) is 7.73. The number of aromatic nitrogens is 1. The number of carbonyl (C=O) groups is 1. The maximum Gasteiger partial charge on any atom is 0.252 e. The highest BCUT2D eigenvalue weighted by atomic mass is 19.1. The number of carbonyl (C=O) groups excluding carboxylic acids is 1. The molecule has 0 saturated heterocycles. The van der Waals surface area contributed by atoms with Gasteiger partial charge in [0.2, 0.25) is 0 Å². The smallest absolute Gasteiger partial charge is 0.252 e. The Labute approximate surface area is 97.3 Å². The molecule has 0 bridgehead atoms. The van der Waals surface area contributed by atoms with Crippen LogP contribution in [0.15, 0.2) is 42.7 Å². The van der Waals surface area contributed by atoms with Crippen LogP contribution >= 0.6 is 0 Å². The van der Waals surface area contributed by atoms with E-state index >= 15 is 0 Å². The number of pyridine rings is 1. The second-order valence-electron chi connectivity index (χ2n) is 3.92. The van der Waals surface area contributed by atoms with E-state index in [0.29, 0.717) is 5.56 Å². The molecule has 1 aromatic heterocycles. The Hall–Kier alpha value is -2.23. The number of hydrogen-bond donors (Lipinski definition) is 1. The molecule has 4 heteroatoms. The summed E-state index contributed by atoms with van der Waals surface area (Å²) in [4.78, 5) is 15.7. The van der Waals surface area contributed by atoms with Gasteiger partial charge in [0.15, 0.2) is 0 Å². The van der Waals surface area contributed by atoms with Gasteiger partial charge in [0.25, 0.3) is 5.91 Å². The van der Waals surface area contributed by atoms with Gasteiger partial charge >= 0.3 is 0 Å². The summed E-state index contributed by atoms with van der Waals surface area (Å²) >= 11 is 0. The van der Waals surface area contributed by atoms with Gasteiger partial charge in [0.1, 0.15) is 5.82 Å². The Morgan fingerprint density at radius 2 is 2.18 bits per heavy atom. The minimum absolute atomic E-state index is 0.230. The van der Waals surface area contributed by atoms with Crippen LogP contribution in [0.1, 0.15) is 27.5 Å². The molecule has 84 valence electrons. The molecular formula is C13H9FN2O. The number of fused-ring (bicyclic) bond motifs is 1. The molecule has 1 aromatic carbocycles. The minimum atomic E-state index is -0.397. The van der Waals surface area contributed by atoms with E-state index in [-0.39, 0.29) is 11.9 Å². The molecule has 2 aromatic rings. The zero-order valence-corrected chi connectivity index (χ0v) is 8.85. The van der Waals surface area contributed by atoms with E-state index in [1.807, 2.05) is 12.1 Å². The van der Waals surface area contributed by atoms with Crippen LogP contribution in [-0.4, -0.2) is 10.9 Å². The van der Waals surface area contributed by atoms with E-state index in [4.69, 9.17) is 0 Å². The molecule has 17 heavy (non-hydrogen) atoms. The summed E-state index contributed by atoms with van der Waals surface area (Å²) in [5.74, 6) is -0.640. The maximum atomic E-state index is 13.1. The monoisotopic (exact) mass is 228 g/mol. The molecule has 0 radical (unpaired) electrons. The van der Waals surface area contributed by atoms with Gasteiger partial charge in [-0.25, -0.2) is 4.39 Å². The van der Waals surface area contributed by atoms with E-state index in [1.54, 1.807) is 18.5 Å². The highest BCUT2D eigenvalue weighted by molar-refractivity contribution is 5.99. The summed E-state index contributed by atoms with van der Waals surface area (Å²) in [6.45, 7) is 0. The molecule has 0 spiro atoms. The van der Waals surface area contributed by atoms with E-state index < -0.39 is 5.82 Å². The second-order valence-corrected chi connectivity index (χ2v) is 3.92. The minimum Gasteiger partial charge on any atom is -0.341 e. The zero-order valence-electron chi connectivity index (χ0n) is 8.85. The third kappa shape index (κ3) is 1.58. The Kier molecular flexibility index (Phi) is 2.14. The van der Waals surface area contributed by atoms with Gasteiger partial charge in [0, 0.05) is 18.0 Å². The molecular weight excluding hydrogens is 219 g/mol. The lowest BCUT2D eigenvalue weighted by Gasteiger charge is -2.11. The molecule has 2 heterocycles. The standard InChI is InChI=1S/C13H9FN2O/c14-9-3-4-10-11(6-9)13(17)16-12(10)8-2-1-5-15-7-8/h1-7,12H,(H,16,17). The van der Waals surface area contributed by atoms with Crippen molar-refractivity contribution in [1.29, 1.82) is 0 Å². The fraction of sp³-hybridized carbons (Fsp3) is 0.0769. The van der Waals surface area contributed by atoms with Crippen molar-refractivity contribution in [2.45, 2.75) is 6.04 Å². The van der Waals surface area contributed by atoms with Gasteiger partial charge in [-0.1, -0.05) is 12.1 Å². The van der Waals surface area contributed by atoms with Crippen molar-refractivity contribution in [3.05, 3.63) is 65.2 Å². The number of amides is 1. The van der Waals surface area contributed by atoms with Gasteiger partial charge in [-0.2, -0.15) is 0 Å². The molecule has 1 amide bonds. The lowest BCUT2D eigenvalue weighted by molar-refractivity contribution is 0.0960. The summed E-state index contributed by atoms with van der Waals surface area (Å²) in [6.07, 6.45) is 3.37. The van der Waals surface area contributed by atoms with E-state index in [1.165, 1.54) is 12.1 Å². The van der Waals surface area contributed by atoms with Crippen molar-refractivity contribution >= 4 is 5.91 Å². The molecule has 1 N–H and O–H groups in total. The Bertz CT molecular complexity index is 583. The van der Waals surface area contributed by atoms with Crippen LogP contribution in [-0.2, 0) is 0 Å². The summed E-state index contributed by atoms with van der Waals surface area (Å²) in [7, 11) is 0. The quantitative estimate of drug-likeness (QED) is 0.811. The molecule has 0 aliphatic carbocycles. The SMILES string of the molecule is O=C1NC(c2cccnc2)c2ccc(F)cc21. The lowest BCUT2D eigenvalue weighted by atomic mass is 10.00. The predicted molar refractivity (Wildman–Crippen MR) is 59.9 cm³/mol. The normalized spacial score (nSPS) is 17.7. The average molecular weight is 228 g/mol. The van der Waals surface area contributed by atoms with Crippen molar-refractivity contribution in [1.82, 2.24) is 10.3 Å². The van der Waals surface area contributed by atoms with Crippen molar-refractivity contribution in [2.24, 2.45) is 0 Å². The molecule has 1 atom stereocenters. The van der Waals surface area contributed by atoms with Crippen LogP contribution in [0.3, 0.4) is 0 Å². The molecule has 3 rings (SSSR count). The van der Waals surface area contributed by atoms with E-state index in [0.717, 1.165) is 11.1 Å². The number of nitrogens with one attached hydrogen (secondary N) is 1. The van der Waals surface area contributed by atoms with Crippen LogP contribution in [0, 0.1) is 5.82 Å². The summed E-state index contributed by atoms with van der Waals surface area (Å²) < 4.78 is 13.1. The van der Waals surface area contributed by atoms with Gasteiger partial charge < -0.3 is 5.32 Å². The molecule has 3 nitrogen and oxygen atoms in total. The van der Waals surface area contributed by atoms with Gasteiger partial charge in [-0.3, -0.25) is 9.78 Å². The molecule has 0 saturated carbocycles. The summed E-state index contributed by atoms with van der Waals surface area (Å²) in [5.41, 5.74) is 2.09. The first-order valence-corrected chi connectivity index (χ1v) is 5.26. The predicted octanol–water partition coefficient (Wildman–Crippen LogP) is 2.05. The average Bonchev–Trinajstić information content (AvgIpc) is 2.68. The number of rotatable bonds is 1. The van der Waals surface area contributed by atoms with Crippen molar-refractivity contribution in [3.8, 4) is 0 Å². The van der Waals surface area contributed by atoms with E-state index in [2.05, 4.69) is 10.3 Å². The van der Waals surface area contributed by atoms with Crippen LogP contribution in [0.4, 0.5) is 4.39 Å². The Morgan fingerprint density at radius 1 is 1.29 bits per heavy atom. The first kappa shape index (κ1) is 9.96.